The summed E-state index contributed by atoms with van der Waals surface area (Å²) in [5.74, 6) is -0.288. The van der Waals surface area contributed by atoms with Crippen LogP contribution in [0.4, 0.5) is 0 Å². The Balaban J connectivity index is 1.99. The van der Waals surface area contributed by atoms with Crippen LogP contribution in [-0.2, 0) is 0 Å². The van der Waals surface area contributed by atoms with Gasteiger partial charge in [-0.15, -0.1) is 0 Å². The van der Waals surface area contributed by atoms with Gasteiger partial charge in [-0.25, -0.2) is 4.79 Å². The Morgan fingerprint density at radius 3 is 2.37 bits per heavy atom. The summed E-state index contributed by atoms with van der Waals surface area (Å²) in [4.78, 5) is 10.8. The van der Waals surface area contributed by atoms with E-state index in [2.05, 4.69) is 6.92 Å². The molecule has 0 spiro atoms. The number of carboxylic acids is 1. The van der Waals surface area contributed by atoms with E-state index in [1.54, 1.807) is 12.1 Å². The van der Waals surface area contributed by atoms with Crippen LogP contribution in [0.1, 0.15) is 48.0 Å². The summed E-state index contributed by atoms with van der Waals surface area (Å²) >= 11 is 6.76. The smallest absolute Gasteiger partial charge is 0.335 e. The molecular formula is C15H21ClO2Si. The highest BCUT2D eigenvalue weighted by Gasteiger charge is 2.35. The van der Waals surface area contributed by atoms with Gasteiger partial charge in [-0.1, -0.05) is 25.5 Å². The van der Waals surface area contributed by atoms with E-state index in [1.807, 2.05) is 12.1 Å². The van der Waals surface area contributed by atoms with Crippen LogP contribution in [0.3, 0.4) is 0 Å². The molecule has 1 aromatic carbocycles. The molecule has 0 amide bonds. The Morgan fingerprint density at radius 2 is 1.89 bits per heavy atom. The fourth-order valence-electron chi connectivity index (χ4n) is 3.06. The van der Waals surface area contributed by atoms with Crippen molar-refractivity contribution >= 4 is 24.4 Å². The summed E-state index contributed by atoms with van der Waals surface area (Å²) in [7, 11) is -1.46. The van der Waals surface area contributed by atoms with Gasteiger partial charge in [0.25, 0.3) is 0 Å². The van der Waals surface area contributed by atoms with Crippen LogP contribution in [-0.4, -0.2) is 18.5 Å². The van der Waals surface area contributed by atoms with Gasteiger partial charge < -0.3 is 5.11 Å². The molecule has 1 aromatic rings. The molecule has 1 heterocycles. The highest BCUT2D eigenvalue weighted by atomic mass is 35.6. The standard InChI is InChI=1S/C15H21ClO2Si/c1-2-9-19(16)10-7-13(8-11-19)12-3-5-14(6-4-12)15(17)18/h3-6,13H,2,7-11H2,1H3,(H,17,18). The molecule has 0 bridgehead atoms. The maximum atomic E-state index is 10.8. The van der Waals surface area contributed by atoms with Gasteiger partial charge in [0.1, 0.15) is 0 Å². The third-order valence-corrected chi connectivity index (χ3v) is 9.68. The van der Waals surface area contributed by atoms with Gasteiger partial charge in [0.2, 0.25) is 0 Å². The van der Waals surface area contributed by atoms with E-state index in [-0.39, 0.29) is 0 Å². The minimum atomic E-state index is -1.46. The lowest BCUT2D eigenvalue weighted by molar-refractivity contribution is 0.0697. The van der Waals surface area contributed by atoms with Crippen LogP contribution in [0.2, 0.25) is 18.1 Å². The number of halogens is 1. The molecule has 1 aliphatic rings. The lowest BCUT2D eigenvalue weighted by Gasteiger charge is -2.33. The molecule has 104 valence electrons. The van der Waals surface area contributed by atoms with Crippen molar-refractivity contribution in [3.05, 3.63) is 35.4 Å². The van der Waals surface area contributed by atoms with E-state index in [0.29, 0.717) is 11.5 Å². The monoisotopic (exact) mass is 296 g/mol. The molecule has 1 saturated heterocycles. The first-order chi connectivity index (χ1) is 9.04. The second-order valence-corrected chi connectivity index (χ2v) is 11.8. The van der Waals surface area contributed by atoms with Crippen LogP contribution >= 0.6 is 11.1 Å². The maximum absolute atomic E-state index is 10.8. The summed E-state index contributed by atoms with van der Waals surface area (Å²) in [6.07, 6.45) is 3.54. The van der Waals surface area contributed by atoms with Crippen LogP contribution in [0.25, 0.3) is 0 Å². The summed E-state index contributed by atoms with van der Waals surface area (Å²) in [5.41, 5.74) is 1.64. The maximum Gasteiger partial charge on any atom is 0.335 e. The van der Waals surface area contributed by atoms with Gasteiger partial charge in [-0.3, -0.25) is 0 Å². The van der Waals surface area contributed by atoms with E-state index in [1.165, 1.54) is 43.0 Å². The minimum absolute atomic E-state index is 0.367. The van der Waals surface area contributed by atoms with E-state index in [4.69, 9.17) is 16.2 Å². The second kappa shape index (κ2) is 6.10. The van der Waals surface area contributed by atoms with Gasteiger partial charge in [-0.05, 0) is 54.6 Å². The molecule has 0 aromatic heterocycles. The summed E-state index contributed by atoms with van der Waals surface area (Å²) in [6, 6.07) is 11.0. The van der Waals surface area contributed by atoms with Crippen molar-refractivity contribution in [3.8, 4) is 0 Å². The molecule has 0 atom stereocenters. The predicted molar refractivity (Wildman–Crippen MR) is 81.7 cm³/mol. The van der Waals surface area contributed by atoms with Gasteiger partial charge in [0.05, 0.1) is 5.56 Å². The van der Waals surface area contributed by atoms with Crippen molar-refractivity contribution in [2.24, 2.45) is 0 Å². The van der Waals surface area contributed by atoms with E-state index >= 15 is 0 Å². The zero-order valence-electron chi connectivity index (χ0n) is 11.4. The van der Waals surface area contributed by atoms with Crippen molar-refractivity contribution in [3.63, 3.8) is 0 Å². The number of carbonyl (C=O) groups is 1. The molecular weight excluding hydrogens is 276 g/mol. The molecule has 1 aliphatic heterocycles. The lowest BCUT2D eigenvalue weighted by atomic mass is 9.93. The van der Waals surface area contributed by atoms with Crippen molar-refractivity contribution in [2.75, 3.05) is 0 Å². The number of hydrogen-bond donors (Lipinski definition) is 1. The molecule has 2 rings (SSSR count). The largest absolute Gasteiger partial charge is 0.478 e. The molecule has 19 heavy (non-hydrogen) atoms. The van der Waals surface area contributed by atoms with E-state index < -0.39 is 13.4 Å². The molecule has 0 radical (unpaired) electrons. The highest BCUT2D eigenvalue weighted by Crippen LogP contribution is 2.42. The normalized spacial score (nSPS) is 27.2. The summed E-state index contributed by atoms with van der Waals surface area (Å²) in [5, 5.41) is 8.90. The fourth-order valence-corrected chi connectivity index (χ4v) is 7.66. The number of aromatic carboxylic acids is 1. The van der Waals surface area contributed by atoms with Crippen LogP contribution in [0, 0.1) is 0 Å². The second-order valence-electron chi connectivity index (χ2n) is 5.60. The van der Waals surface area contributed by atoms with Crippen LogP contribution in [0.5, 0.6) is 0 Å². The third kappa shape index (κ3) is 3.60. The van der Waals surface area contributed by atoms with Gasteiger partial charge in [0, 0.05) is 0 Å². The molecule has 1 N–H and O–H groups in total. The zero-order valence-corrected chi connectivity index (χ0v) is 13.1. The highest BCUT2D eigenvalue weighted by molar-refractivity contribution is 7.20. The van der Waals surface area contributed by atoms with E-state index in [0.717, 1.165) is 0 Å². The van der Waals surface area contributed by atoms with Gasteiger partial charge >= 0.3 is 5.97 Å². The van der Waals surface area contributed by atoms with Crippen LogP contribution < -0.4 is 0 Å². The Morgan fingerprint density at radius 1 is 1.32 bits per heavy atom. The Kier molecular flexibility index (Phi) is 4.69. The Labute approximate surface area is 120 Å². The first kappa shape index (κ1) is 14.6. The summed E-state index contributed by atoms with van der Waals surface area (Å²) < 4.78 is 0. The Bertz CT molecular complexity index is 436. The molecule has 0 saturated carbocycles. The molecule has 2 nitrogen and oxygen atoms in total. The molecule has 0 aliphatic carbocycles. The lowest BCUT2D eigenvalue weighted by Crippen LogP contribution is -2.31. The molecule has 0 unspecified atom stereocenters. The van der Waals surface area contributed by atoms with Crippen molar-refractivity contribution in [2.45, 2.75) is 50.2 Å². The minimum Gasteiger partial charge on any atom is -0.478 e. The van der Waals surface area contributed by atoms with Crippen molar-refractivity contribution in [1.82, 2.24) is 0 Å². The average molecular weight is 297 g/mol. The number of rotatable bonds is 4. The third-order valence-electron chi connectivity index (χ3n) is 4.21. The molecule has 1 fully saturated rings. The summed E-state index contributed by atoms with van der Waals surface area (Å²) in [6.45, 7) is 2.22. The van der Waals surface area contributed by atoms with Crippen LogP contribution in [0.15, 0.2) is 24.3 Å². The predicted octanol–water partition coefficient (Wildman–Crippen LogP) is 4.86. The quantitative estimate of drug-likeness (QED) is 0.636. The SMILES string of the molecule is CCC[Si]1(Cl)CCC(c2ccc(C(=O)O)cc2)CC1. The number of benzene rings is 1. The van der Waals surface area contributed by atoms with E-state index in [9.17, 15) is 4.79 Å². The van der Waals surface area contributed by atoms with Crippen molar-refractivity contribution in [1.29, 1.82) is 0 Å². The first-order valence-corrected chi connectivity index (χ1v) is 10.7. The van der Waals surface area contributed by atoms with Crippen molar-refractivity contribution < 1.29 is 9.90 Å². The number of hydrogen-bond acceptors (Lipinski definition) is 1. The first-order valence-electron chi connectivity index (χ1n) is 7.06. The average Bonchev–Trinajstić information content (AvgIpc) is 2.40. The number of carboxylic acid groups (broad SMARTS) is 1. The van der Waals surface area contributed by atoms with Gasteiger partial charge in [-0.2, -0.15) is 11.1 Å². The van der Waals surface area contributed by atoms with Gasteiger partial charge in [0.15, 0.2) is 7.38 Å². The topological polar surface area (TPSA) is 37.3 Å². The zero-order chi connectivity index (χ0) is 13.9. The Hall–Kier alpha value is -0.803. The molecule has 4 heteroatoms. The fraction of sp³-hybridized carbons (Fsp3) is 0.533.